The zero-order chi connectivity index (χ0) is 45.6. The van der Waals surface area contributed by atoms with Gasteiger partial charge in [0.05, 0.1) is 30.8 Å². The van der Waals surface area contributed by atoms with Gasteiger partial charge in [0, 0.05) is 0 Å². The molecule has 5 aliphatic carbocycles. The fourth-order valence-corrected chi connectivity index (χ4v) is 16.2. The lowest BCUT2D eigenvalue weighted by Crippen LogP contribution is -2.72. The van der Waals surface area contributed by atoms with E-state index in [0.717, 1.165) is 57.8 Å². The van der Waals surface area contributed by atoms with E-state index in [1.165, 1.54) is 6.92 Å². The predicted molar refractivity (Wildman–Crippen MR) is 221 cm³/mol. The summed E-state index contributed by atoms with van der Waals surface area (Å²) >= 11 is 0. The van der Waals surface area contributed by atoms with Crippen molar-refractivity contribution < 1.29 is 78.8 Å². The molecule has 5 heterocycles. The van der Waals surface area contributed by atoms with Crippen LogP contribution in [-0.2, 0) is 38.0 Å². The lowest BCUT2D eigenvalue weighted by Gasteiger charge is -2.75. The highest BCUT2D eigenvalue weighted by molar-refractivity contribution is 5.80. The molecule has 10 aliphatic rings. The van der Waals surface area contributed by atoms with Crippen molar-refractivity contribution in [2.24, 2.45) is 56.7 Å². The Morgan fingerprint density at radius 3 is 2.02 bits per heavy atom. The molecule has 10 fully saturated rings. The summed E-state index contributed by atoms with van der Waals surface area (Å²) in [5.74, 6) is 1.87. The van der Waals surface area contributed by atoms with E-state index in [4.69, 9.17) is 33.2 Å². The van der Waals surface area contributed by atoms with Gasteiger partial charge in [0.2, 0.25) is 0 Å². The number of carbonyl (C=O) groups is 1. The second-order valence-electron chi connectivity index (χ2n) is 23.2. The van der Waals surface area contributed by atoms with Gasteiger partial charge in [0.1, 0.15) is 66.6 Å². The molecule has 0 aromatic rings. The Morgan fingerprint density at radius 1 is 0.635 bits per heavy atom. The van der Waals surface area contributed by atoms with E-state index < -0.39 is 116 Å². The first kappa shape index (κ1) is 47.0. The molecule has 10 rings (SSSR count). The van der Waals surface area contributed by atoms with E-state index in [2.05, 4.69) is 48.5 Å². The minimum absolute atomic E-state index is 0.0153. The molecule has 360 valence electrons. The minimum Gasteiger partial charge on any atom is -0.459 e. The van der Waals surface area contributed by atoms with Crippen LogP contribution in [-0.4, -0.2) is 158 Å². The zero-order valence-electron chi connectivity index (χ0n) is 38.4. The van der Waals surface area contributed by atoms with Gasteiger partial charge in [-0.3, -0.25) is 4.79 Å². The topological polar surface area (TPSA) is 244 Å². The third-order valence-electron chi connectivity index (χ3n) is 20.3. The fraction of sp³-hybridized carbons (Fsp3) is 0.979. The standard InChI is InChI=1S/C47H76O16/c1-21-29-23-9-10-27-43(5)13-12-28(42(3,4)26(43)11-14-45(27,7)44(23,6)15-17-47(29)18-16-46(21,8)63-41(47)56)60-40-37(34(54)32(52)25(19-48)59-40)62-39-36(31(51)24(49)20-57-39)61-38-35(55)33(53)30(50)22(2)58-38/h21-40,48-55H,9-20H2,1-8H3. The summed E-state index contributed by atoms with van der Waals surface area (Å²) < 4.78 is 43.0. The smallest absolute Gasteiger partial charge is 0.312 e. The average molecular weight is 897 g/mol. The van der Waals surface area contributed by atoms with E-state index in [1.807, 2.05) is 0 Å². The Labute approximate surface area is 371 Å². The SMILES string of the molecule is CC1OC(OC2C(OC3C(OC4CCC5(C)C(CCC6(C)C5CCC5C7C(C)C8(C)CCC7(CCC56C)C(=O)O8)C4(C)C)OC(CO)C(O)C3O)OCC(O)C2O)C(O)C(O)C1O. The molecule has 25 atom stereocenters. The molecule has 8 N–H and O–H groups in total. The molecular weight excluding hydrogens is 821 g/mol. The highest BCUT2D eigenvalue weighted by Gasteiger charge is 2.75. The van der Waals surface area contributed by atoms with Crippen LogP contribution in [0.3, 0.4) is 0 Å². The number of ether oxygens (including phenoxy) is 7. The van der Waals surface area contributed by atoms with Crippen LogP contribution >= 0.6 is 0 Å². The quantitative estimate of drug-likeness (QED) is 0.134. The van der Waals surface area contributed by atoms with Crippen LogP contribution in [0.5, 0.6) is 0 Å². The third-order valence-corrected chi connectivity index (χ3v) is 20.3. The van der Waals surface area contributed by atoms with E-state index in [0.29, 0.717) is 30.1 Å². The van der Waals surface area contributed by atoms with Crippen molar-refractivity contribution in [1.29, 1.82) is 0 Å². The highest BCUT2D eigenvalue weighted by atomic mass is 16.8. The molecular formula is C47H76O16. The van der Waals surface area contributed by atoms with Crippen molar-refractivity contribution in [1.82, 2.24) is 0 Å². The lowest BCUT2D eigenvalue weighted by atomic mass is 9.30. The maximum Gasteiger partial charge on any atom is 0.312 e. The number of carbonyl (C=O) groups excluding carboxylic acids is 1. The number of aliphatic hydroxyl groups excluding tert-OH is 8. The van der Waals surface area contributed by atoms with E-state index in [1.54, 1.807) is 0 Å². The van der Waals surface area contributed by atoms with Gasteiger partial charge in [-0.15, -0.1) is 0 Å². The highest BCUT2D eigenvalue weighted by Crippen LogP contribution is 2.78. The van der Waals surface area contributed by atoms with Crippen LogP contribution in [0.1, 0.15) is 120 Å². The molecule has 63 heavy (non-hydrogen) atoms. The molecule has 5 saturated heterocycles. The molecule has 0 amide bonds. The largest absolute Gasteiger partial charge is 0.459 e. The molecule has 0 radical (unpaired) electrons. The molecule has 1 spiro atoms. The number of rotatable bonds is 7. The van der Waals surface area contributed by atoms with Gasteiger partial charge in [-0.05, 0) is 129 Å². The van der Waals surface area contributed by atoms with Gasteiger partial charge < -0.3 is 74.0 Å². The first-order valence-electron chi connectivity index (χ1n) is 24.0. The lowest BCUT2D eigenvalue weighted by molar-refractivity contribution is -0.389. The third kappa shape index (κ3) is 6.75. The van der Waals surface area contributed by atoms with E-state index in [9.17, 15) is 45.6 Å². The maximum atomic E-state index is 13.8. The second kappa shape index (κ2) is 16.0. The summed E-state index contributed by atoms with van der Waals surface area (Å²) in [5, 5.41) is 86.1. The summed E-state index contributed by atoms with van der Waals surface area (Å²) in [6, 6.07) is 0. The fourth-order valence-electron chi connectivity index (χ4n) is 16.2. The molecule has 5 saturated carbocycles. The summed E-state index contributed by atoms with van der Waals surface area (Å²) in [4.78, 5) is 13.8. The van der Waals surface area contributed by atoms with Crippen LogP contribution in [0.2, 0.25) is 0 Å². The zero-order valence-corrected chi connectivity index (χ0v) is 38.4. The normalized spacial score (nSPS) is 58.8. The van der Waals surface area contributed by atoms with Gasteiger partial charge in [0.25, 0.3) is 0 Å². The van der Waals surface area contributed by atoms with Crippen LogP contribution in [0.15, 0.2) is 0 Å². The summed E-state index contributed by atoms with van der Waals surface area (Å²) in [5.41, 5.74) is -1.03. The van der Waals surface area contributed by atoms with Crippen molar-refractivity contribution >= 4 is 5.97 Å². The summed E-state index contributed by atoms with van der Waals surface area (Å²) in [6.45, 7) is 17.1. The number of esters is 1. The monoisotopic (exact) mass is 897 g/mol. The minimum atomic E-state index is -1.74. The Bertz CT molecular complexity index is 1720. The maximum absolute atomic E-state index is 13.8. The van der Waals surface area contributed by atoms with E-state index >= 15 is 0 Å². The first-order chi connectivity index (χ1) is 29.5. The number of fused-ring (bicyclic) bond motifs is 7. The number of aliphatic hydroxyl groups is 8. The van der Waals surface area contributed by atoms with Crippen LogP contribution in [0.25, 0.3) is 0 Å². The van der Waals surface area contributed by atoms with Crippen LogP contribution in [0.4, 0.5) is 0 Å². The van der Waals surface area contributed by atoms with Gasteiger partial charge in [0.15, 0.2) is 18.9 Å². The van der Waals surface area contributed by atoms with Gasteiger partial charge in [-0.1, -0.05) is 41.5 Å². The van der Waals surface area contributed by atoms with Crippen molar-refractivity contribution in [2.45, 2.75) is 217 Å². The van der Waals surface area contributed by atoms with Crippen LogP contribution in [0, 0.1) is 56.7 Å². The molecule has 16 heteroatoms. The second-order valence-corrected chi connectivity index (χ2v) is 23.2. The number of hydrogen-bond acceptors (Lipinski definition) is 16. The van der Waals surface area contributed by atoms with Crippen molar-refractivity contribution in [3.8, 4) is 0 Å². The molecule has 0 aromatic heterocycles. The van der Waals surface area contributed by atoms with Gasteiger partial charge in [-0.25, -0.2) is 0 Å². The average Bonchev–Trinajstić information content (AvgIpc) is 3.23. The molecule has 25 unspecified atom stereocenters. The van der Waals surface area contributed by atoms with Crippen molar-refractivity contribution in [3.05, 3.63) is 0 Å². The summed E-state index contributed by atoms with van der Waals surface area (Å²) in [7, 11) is 0. The van der Waals surface area contributed by atoms with Crippen molar-refractivity contribution in [3.63, 3.8) is 0 Å². The predicted octanol–water partition coefficient (Wildman–Crippen LogP) is 1.90. The Morgan fingerprint density at radius 2 is 1.32 bits per heavy atom. The Hall–Kier alpha value is -1.09. The molecule has 2 bridgehead atoms. The molecule has 5 aliphatic heterocycles. The van der Waals surface area contributed by atoms with E-state index in [-0.39, 0.29) is 33.5 Å². The first-order valence-corrected chi connectivity index (χ1v) is 24.0. The van der Waals surface area contributed by atoms with Gasteiger partial charge >= 0.3 is 5.97 Å². The Balaban J connectivity index is 0.947. The van der Waals surface area contributed by atoms with Gasteiger partial charge in [-0.2, -0.15) is 0 Å². The number of hydrogen-bond donors (Lipinski definition) is 8. The van der Waals surface area contributed by atoms with Crippen molar-refractivity contribution in [2.75, 3.05) is 13.2 Å². The summed E-state index contributed by atoms with van der Waals surface area (Å²) in [6.07, 6.45) is -11.5. The van der Waals surface area contributed by atoms with Crippen LogP contribution < -0.4 is 0 Å². The Kier molecular flexibility index (Phi) is 11.9. The molecule has 16 nitrogen and oxygen atoms in total. The molecule has 0 aromatic carbocycles.